The number of aromatic nitrogens is 1. The van der Waals surface area contributed by atoms with Crippen molar-refractivity contribution in [3.05, 3.63) is 65.2 Å². The summed E-state index contributed by atoms with van der Waals surface area (Å²) >= 11 is 1.22. The molecule has 0 saturated carbocycles. The predicted octanol–water partition coefficient (Wildman–Crippen LogP) is 4.72. The standard InChI is InChI=1S/C23H24N2O5S/c1-4-29-21(27)10-17-14-31-23(24-17)25(22(28)16-8-6-5-7-9-16)18-11-19(26)13-20(12-18)30-15(2)3/h5-9,11-15,26H,4,10H2,1-3H3. The SMILES string of the molecule is CCOC(=O)Cc1csc(N(C(=O)c2ccccc2)c2cc(O)cc(OC(C)C)c2)n1. The number of rotatable bonds is 8. The van der Waals surface area contributed by atoms with Gasteiger partial charge in [0.1, 0.15) is 11.5 Å². The monoisotopic (exact) mass is 440 g/mol. The van der Waals surface area contributed by atoms with E-state index in [1.807, 2.05) is 19.9 Å². The van der Waals surface area contributed by atoms with Gasteiger partial charge in [0.15, 0.2) is 5.13 Å². The van der Waals surface area contributed by atoms with Crippen molar-refractivity contribution in [1.82, 2.24) is 4.98 Å². The maximum atomic E-state index is 13.4. The van der Waals surface area contributed by atoms with Crippen molar-refractivity contribution in [3.63, 3.8) is 0 Å². The summed E-state index contributed by atoms with van der Waals surface area (Å²) in [4.78, 5) is 31.1. The summed E-state index contributed by atoms with van der Waals surface area (Å²) in [5.41, 5.74) is 1.36. The summed E-state index contributed by atoms with van der Waals surface area (Å²) in [7, 11) is 0. The molecule has 2 aromatic carbocycles. The zero-order valence-electron chi connectivity index (χ0n) is 17.6. The van der Waals surface area contributed by atoms with Crippen LogP contribution in [0, 0.1) is 0 Å². The first kappa shape index (κ1) is 22.3. The lowest BCUT2D eigenvalue weighted by atomic mass is 10.2. The number of esters is 1. The number of aromatic hydroxyl groups is 1. The van der Waals surface area contributed by atoms with Crippen molar-refractivity contribution >= 4 is 34.0 Å². The predicted molar refractivity (Wildman–Crippen MR) is 119 cm³/mol. The molecule has 3 rings (SSSR count). The molecule has 0 fully saturated rings. The van der Waals surface area contributed by atoms with Gasteiger partial charge in [0.05, 0.1) is 30.5 Å². The Bertz CT molecular complexity index is 1050. The Kier molecular flexibility index (Phi) is 7.25. The molecule has 0 unspecified atom stereocenters. The van der Waals surface area contributed by atoms with Gasteiger partial charge in [-0.1, -0.05) is 18.2 Å². The van der Waals surface area contributed by atoms with E-state index in [2.05, 4.69) is 4.98 Å². The van der Waals surface area contributed by atoms with E-state index < -0.39 is 0 Å². The zero-order chi connectivity index (χ0) is 22.4. The molecule has 31 heavy (non-hydrogen) atoms. The van der Waals surface area contributed by atoms with Crippen LogP contribution >= 0.6 is 11.3 Å². The molecule has 1 amide bonds. The van der Waals surface area contributed by atoms with Crippen molar-refractivity contribution in [1.29, 1.82) is 0 Å². The molecule has 0 radical (unpaired) electrons. The molecule has 3 aromatic rings. The van der Waals surface area contributed by atoms with Crippen LogP contribution < -0.4 is 9.64 Å². The first-order valence-corrected chi connectivity index (χ1v) is 10.8. The van der Waals surface area contributed by atoms with Gasteiger partial charge < -0.3 is 14.6 Å². The van der Waals surface area contributed by atoms with Crippen LogP contribution in [0.1, 0.15) is 36.8 Å². The van der Waals surface area contributed by atoms with E-state index in [4.69, 9.17) is 9.47 Å². The average Bonchev–Trinajstić information content (AvgIpc) is 3.15. The van der Waals surface area contributed by atoms with Gasteiger partial charge in [-0.2, -0.15) is 0 Å². The molecule has 1 heterocycles. The molecular formula is C23H24N2O5S. The number of amides is 1. The number of carbonyl (C=O) groups excluding carboxylic acids is 2. The van der Waals surface area contributed by atoms with E-state index in [1.165, 1.54) is 28.4 Å². The minimum atomic E-state index is -0.384. The van der Waals surface area contributed by atoms with Crippen LogP contribution in [-0.2, 0) is 16.0 Å². The Hall–Kier alpha value is -3.39. The van der Waals surface area contributed by atoms with Crippen LogP contribution in [0.3, 0.4) is 0 Å². The number of phenolic OH excluding ortho intramolecular Hbond substituents is 1. The van der Waals surface area contributed by atoms with Gasteiger partial charge in [0.2, 0.25) is 0 Å². The lowest BCUT2D eigenvalue weighted by Gasteiger charge is -2.21. The lowest BCUT2D eigenvalue weighted by molar-refractivity contribution is -0.142. The summed E-state index contributed by atoms with van der Waals surface area (Å²) in [5.74, 6) is -0.314. The van der Waals surface area contributed by atoms with Gasteiger partial charge in [-0.25, -0.2) is 4.98 Å². The van der Waals surface area contributed by atoms with Crippen LogP contribution in [0.15, 0.2) is 53.9 Å². The van der Waals surface area contributed by atoms with Crippen molar-refractivity contribution in [3.8, 4) is 11.5 Å². The highest BCUT2D eigenvalue weighted by atomic mass is 32.1. The average molecular weight is 441 g/mol. The van der Waals surface area contributed by atoms with E-state index in [-0.39, 0.29) is 36.8 Å². The number of thiazole rings is 1. The highest BCUT2D eigenvalue weighted by Crippen LogP contribution is 2.35. The van der Waals surface area contributed by atoms with Gasteiger partial charge in [-0.3, -0.25) is 14.5 Å². The first-order valence-electron chi connectivity index (χ1n) is 9.87. The molecule has 0 bridgehead atoms. The number of nitrogens with zero attached hydrogens (tertiary/aromatic N) is 2. The lowest BCUT2D eigenvalue weighted by Crippen LogP contribution is -2.26. The fourth-order valence-electron chi connectivity index (χ4n) is 2.90. The normalized spacial score (nSPS) is 10.7. The Morgan fingerprint density at radius 2 is 1.90 bits per heavy atom. The molecule has 162 valence electrons. The molecule has 1 N–H and O–H groups in total. The highest BCUT2D eigenvalue weighted by Gasteiger charge is 2.24. The van der Waals surface area contributed by atoms with Gasteiger partial charge in [-0.05, 0) is 32.9 Å². The Balaban J connectivity index is 2.03. The third kappa shape index (κ3) is 5.82. The second kappa shape index (κ2) is 10.1. The summed E-state index contributed by atoms with van der Waals surface area (Å²) in [6, 6.07) is 13.4. The second-order valence-corrected chi connectivity index (χ2v) is 7.80. The van der Waals surface area contributed by atoms with E-state index in [0.717, 1.165) is 0 Å². The number of benzene rings is 2. The molecule has 0 aliphatic heterocycles. The molecule has 0 spiro atoms. The van der Waals surface area contributed by atoms with E-state index in [9.17, 15) is 14.7 Å². The first-order chi connectivity index (χ1) is 14.9. The zero-order valence-corrected chi connectivity index (χ0v) is 18.4. The number of phenols is 1. The Morgan fingerprint density at radius 3 is 2.58 bits per heavy atom. The number of hydrogen-bond acceptors (Lipinski definition) is 7. The largest absolute Gasteiger partial charge is 0.508 e. The summed E-state index contributed by atoms with van der Waals surface area (Å²) < 4.78 is 10.7. The molecule has 7 nitrogen and oxygen atoms in total. The number of hydrogen-bond donors (Lipinski definition) is 1. The molecule has 0 aliphatic rings. The van der Waals surface area contributed by atoms with Crippen molar-refractivity contribution in [2.75, 3.05) is 11.5 Å². The number of anilines is 2. The second-order valence-electron chi connectivity index (χ2n) is 6.96. The van der Waals surface area contributed by atoms with E-state index in [1.54, 1.807) is 42.6 Å². The molecule has 8 heteroatoms. The summed E-state index contributed by atoms with van der Waals surface area (Å²) in [6.45, 7) is 5.78. The quantitative estimate of drug-likeness (QED) is 0.510. The minimum absolute atomic E-state index is 0.0134. The number of carbonyl (C=O) groups is 2. The third-order valence-corrected chi connectivity index (χ3v) is 4.97. The fraction of sp³-hybridized carbons (Fsp3) is 0.261. The van der Waals surface area contributed by atoms with Gasteiger partial charge >= 0.3 is 5.97 Å². The van der Waals surface area contributed by atoms with Gasteiger partial charge in [0, 0.05) is 29.1 Å². The number of ether oxygens (including phenoxy) is 2. The van der Waals surface area contributed by atoms with Gasteiger partial charge in [0.25, 0.3) is 5.91 Å². The maximum Gasteiger partial charge on any atom is 0.311 e. The Morgan fingerprint density at radius 1 is 1.16 bits per heavy atom. The highest BCUT2D eigenvalue weighted by molar-refractivity contribution is 7.14. The Labute approximate surface area is 184 Å². The van der Waals surface area contributed by atoms with E-state index >= 15 is 0 Å². The molecule has 0 saturated heterocycles. The topological polar surface area (TPSA) is 89.0 Å². The van der Waals surface area contributed by atoms with Crippen LogP contribution in [0.5, 0.6) is 11.5 Å². The fourth-order valence-corrected chi connectivity index (χ4v) is 3.74. The van der Waals surface area contributed by atoms with Crippen molar-refractivity contribution < 1.29 is 24.2 Å². The van der Waals surface area contributed by atoms with Crippen molar-refractivity contribution in [2.24, 2.45) is 0 Å². The van der Waals surface area contributed by atoms with E-state index in [0.29, 0.717) is 27.8 Å². The summed E-state index contributed by atoms with van der Waals surface area (Å²) in [6.07, 6.45) is -0.0941. The molecular weight excluding hydrogens is 416 g/mol. The molecule has 1 aromatic heterocycles. The van der Waals surface area contributed by atoms with Crippen LogP contribution in [0.25, 0.3) is 0 Å². The summed E-state index contributed by atoms with van der Waals surface area (Å²) in [5, 5.41) is 12.3. The van der Waals surface area contributed by atoms with Crippen LogP contribution in [-0.4, -0.2) is 34.7 Å². The smallest absolute Gasteiger partial charge is 0.311 e. The van der Waals surface area contributed by atoms with Crippen LogP contribution in [0.2, 0.25) is 0 Å². The maximum absolute atomic E-state index is 13.4. The third-order valence-electron chi connectivity index (χ3n) is 4.09. The molecule has 0 aliphatic carbocycles. The minimum Gasteiger partial charge on any atom is -0.508 e. The van der Waals surface area contributed by atoms with Crippen molar-refractivity contribution in [2.45, 2.75) is 33.3 Å². The van der Waals surface area contributed by atoms with Gasteiger partial charge in [-0.15, -0.1) is 11.3 Å². The van der Waals surface area contributed by atoms with Crippen LogP contribution in [0.4, 0.5) is 10.8 Å². The molecule has 0 atom stereocenters.